The van der Waals surface area contributed by atoms with Crippen LogP contribution in [0.15, 0.2) is 224 Å². The Morgan fingerprint density at radius 3 is 1.11 bits per heavy atom. The third-order valence-electron chi connectivity index (χ3n) is 15.2. The third kappa shape index (κ3) is 6.31. The van der Waals surface area contributed by atoms with Crippen molar-refractivity contribution in [1.82, 2.24) is 0 Å². The van der Waals surface area contributed by atoms with Crippen LogP contribution in [0.2, 0.25) is 0 Å². The number of furan rings is 4. The standard InChI is InChI=1S/C68H48N2O4/c1-39(2)61-62(40(3)4)64-54-36-42-30-32-48(70(46-19-9-6-10-20-46)56-26-16-24-52-50-22-12-14-28-58(50)72-66(52)56)34-44(42)38-60(54)74-68(64)67-63(61)53-35-41-29-31-47(33-43(41)37-59(53)73-67)69(45-17-7-5-8-18-45)55-25-15-23-51-49-21-11-13-27-57(49)71-65(51)55/h5-40H,1-4H3. The van der Waals surface area contributed by atoms with Crippen molar-refractivity contribution >= 4 is 143 Å². The molecule has 0 saturated carbocycles. The summed E-state index contributed by atoms with van der Waals surface area (Å²) in [6.45, 7) is 9.23. The molecule has 0 amide bonds. The Kier molecular flexibility index (Phi) is 9.24. The zero-order chi connectivity index (χ0) is 49.3. The van der Waals surface area contributed by atoms with Crippen LogP contribution in [-0.4, -0.2) is 0 Å². The Morgan fingerprint density at radius 1 is 0.284 bits per heavy atom. The second kappa shape index (κ2) is 16.1. The quantitative estimate of drug-likeness (QED) is 0.151. The Hall–Kier alpha value is -9.26. The molecule has 6 nitrogen and oxygen atoms in total. The lowest BCUT2D eigenvalue weighted by Crippen LogP contribution is -2.10. The molecule has 4 aromatic heterocycles. The van der Waals surface area contributed by atoms with E-state index >= 15 is 0 Å². The van der Waals surface area contributed by atoms with E-state index in [4.69, 9.17) is 17.7 Å². The molecule has 354 valence electrons. The molecule has 0 fully saturated rings. The van der Waals surface area contributed by atoms with Crippen molar-refractivity contribution in [2.75, 3.05) is 9.80 Å². The van der Waals surface area contributed by atoms with E-state index in [1.54, 1.807) is 0 Å². The van der Waals surface area contributed by atoms with Crippen molar-refractivity contribution < 1.29 is 17.7 Å². The fourth-order valence-corrected chi connectivity index (χ4v) is 12.1. The van der Waals surface area contributed by atoms with Gasteiger partial charge in [0.1, 0.15) is 22.3 Å². The molecule has 74 heavy (non-hydrogen) atoms. The van der Waals surface area contributed by atoms with Crippen molar-refractivity contribution in [2.24, 2.45) is 0 Å². The molecule has 0 aliphatic heterocycles. The van der Waals surface area contributed by atoms with E-state index in [2.05, 4.69) is 219 Å². The Bertz CT molecular complexity index is 4440. The number of nitrogens with zero attached hydrogens (tertiary/aromatic N) is 2. The van der Waals surface area contributed by atoms with E-state index in [1.165, 1.54) is 11.1 Å². The maximum Gasteiger partial charge on any atom is 0.178 e. The average molecular weight is 957 g/mol. The Labute approximate surface area is 425 Å². The number of anilines is 6. The van der Waals surface area contributed by atoms with Gasteiger partial charge in [0.05, 0.1) is 11.4 Å². The molecule has 4 heterocycles. The molecule has 11 aromatic carbocycles. The topological polar surface area (TPSA) is 59.0 Å². The molecule has 0 spiro atoms. The summed E-state index contributed by atoms with van der Waals surface area (Å²) in [4.78, 5) is 4.59. The van der Waals surface area contributed by atoms with E-state index in [1.807, 2.05) is 24.3 Å². The highest BCUT2D eigenvalue weighted by Gasteiger charge is 2.29. The Morgan fingerprint density at radius 2 is 0.676 bits per heavy atom. The molecule has 0 saturated heterocycles. The molecule has 6 heteroatoms. The fourth-order valence-electron chi connectivity index (χ4n) is 12.1. The fraction of sp³-hybridized carbons (Fsp3) is 0.0882. The van der Waals surface area contributed by atoms with Gasteiger partial charge in [0.2, 0.25) is 0 Å². The van der Waals surface area contributed by atoms with Crippen molar-refractivity contribution in [1.29, 1.82) is 0 Å². The normalized spacial score (nSPS) is 12.3. The zero-order valence-electron chi connectivity index (χ0n) is 41.3. The number of rotatable bonds is 8. The minimum Gasteiger partial charge on any atom is -0.454 e. The van der Waals surface area contributed by atoms with Crippen molar-refractivity contribution in [3.05, 3.63) is 217 Å². The summed E-state index contributed by atoms with van der Waals surface area (Å²) in [6, 6.07) is 72.9. The predicted octanol–water partition coefficient (Wildman–Crippen LogP) is 20.8. The van der Waals surface area contributed by atoms with Gasteiger partial charge in [-0.1, -0.05) is 137 Å². The van der Waals surface area contributed by atoms with Gasteiger partial charge in [0, 0.05) is 65.8 Å². The van der Waals surface area contributed by atoms with Gasteiger partial charge in [-0.15, -0.1) is 0 Å². The van der Waals surface area contributed by atoms with Crippen LogP contribution in [0.5, 0.6) is 0 Å². The summed E-state index contributed by atoms with van der Waals surface area (Å²) < 4.78 is 27.6. The number of benzene rings is 11. The van der Waals surface area contributed by atoms with Gasteiger partial charge in [-0.25, -0.2) is 0 Å². The van der Waals surface area contributed by atoms with E-state index in [9.17, 15) is 0 Å². The van der Waals surface area contributed by atoms with Crippen LogP contribution in [0.25, 0.3) is 109 Å². The van der Waals surface area contributed by atoms with Crippen LogP contribution < -0.4 is 9.80 Å². The number of fused-ring (bicyclic) bond motifs is 15. The summed E-state index contributed by atoms with van der Waals surface area (Å²) in [5.41, 5.74) is 15.4. The minimum absolute atomic E-state index is 0.215. The molecule has 15 rings (SSSR count). The van der Waals surface area contributed by atoms with Crippen molar-refractivity contribution in [3.8, 4) is 0 Å². The first-order valence-corrected chi connectivity index (χ1v) is 25.6. The monoisotopic (exact) mass is 956 g/mol. The van der Waals surface area contributed by atoms with Gasteiger partial charge in [-0.05, 0) is 142 Å². The number of para-hydroxylation sites is 6. The van der Waals surface area contributed by atoms with Gasteiger partial charge in [-0.3, -0.25) is 0 Å². The molecule has 0 radical (unpaired) electrons. The summed E-state index contributed by atoms with van der Waals surface area (Å²) >= 11 is 0. The lowest BCUT2D eigenvalue weighted by Gasteiger charge is -2.25. The molecule has 0 atom stereocenters. The SMILES string of the molecule is CC(C)c1c(C(C)C)c2c3cc4ccc(N(c5ccccc5)c5cccc6c5oc5ccccc56)cc4cc3oc2c2oc3cc4cc(N(c5ccccc5)c5cccc6c5oc5ccccc56)ccc4cc3c12. The third-order valence-corrected chi connectivity index (χ3v) is 15.2. The molecule has 15 aromatic rings. The van der Waals surface area contributed by atoms with E-state index < -0.39 is 0 Å². The molecular formula is C68H48N2O4. The Balaban J connectivity index is 0.915. The highest BCUT2D eigenvalue weighted by molar-refractivity contribution is 6.24. The van der Waals surface area contributed by atoms with Gasteiger partial charge >= 0.3 is 0 Å². The maximum absolute atomic E-state index is 7.16. The van der Waals surface area contributed by atoms with Gasteiger partial charge < -0.3 is 27.5 Å². The van der Waals surface area contributed by atoms with E-state index in [0.29, 0.717) is 0 Å². The molecular weight excluding hydrogens is 909 g/mol. The van der Waals surface area contributed by atoms with E-state index in [0.717, 1.165) is 143 Å². The predicted molar refractivity (Wildman–Crippen MR) is 308 cm³/mol. The minimum atomic E-state index is 0.215. The molecule has 0 N–H and O–H groups in total. The molecule has 0 unspecified atom stereocenters. The average Bonchev–Trinajstić information content (AvgIpc) is 4.21. The number of hydrogen-bond acceptors (Lipinski definition) is 6. The zero-order valence-corrected chi connectivity index (χ0v) is 41.3. The summed E-state index contributed by atoms with van der Waals surface area (Å²) in [5.74, 6) is 0.429. The summed E-state index contributed by atoms with van der Waals surface area (Å²) in [5, 5.41) is 13.2. The van der Waals surface area contributed by atoms with Crippen molar-refractivity contribution in [2.45, 2.75) is 39.5 Å². The van der Waals surface area contributed by atoms with Crippen LogP contribution in [-0.2, 0) is 0 Å². The molecule has 0 aliphatic rings. The van der Waals surface area contributed by atoms with Crippen molar-refractivity contribution in [3.63, 3.8) is 0 Å². The van der Waals surface area contributed by atoms with Gasteiger partial charge in [0.15, 0.2) is 22.3 Å². The van der Waals surface area contributed by atoms with Crippen LogP contribution in [0.1, 0.15) is 50.7 Å². The first kappa shape index (κ1) is 42.4. The van der Waals surface area contributed by atoms with Gasteiger partial charge in [0.25, 0.3) is 0 Å². The van der Waals surface area contributed by atoms with Crippen LogP contribution in [0.3, 0.4) is 0 Å². The lowest BCUT2D eigenvalue weighted by atomic mass is 9.84. The second-order valence-corrected chi connectivity index (χ2v) is 20.4. The maximum atomic E-state index is 7.16. The summed E-state index contributed by atoms with van der Waals surface area (Å²) in [7, 11) is 0. The van der Waals surface area contributed by atoms with Crippen LogP contribution >= 0.6 is 0 Å². The lowest BCUT2D eigenvalue weighted by molar-refractivity contribution is 0.632. The smallest absolute Gasteiger partial charge is 0.178 e. The molecule has 0 bridgehead atoms. The largest absolute Gasteiger partial charge is 0.454 e. The highest BCUT2D eigenvalue weighted by atomic mass is 16.4. The van der Waals surface area contributed by atoms with E-state index in [-0.39, 0.29) is 11.8 Å². The second-order valence-electron chi connectivity index (χ2n) is 20.4. The summed E-state index contributed by atoms with van der Waals surface area (Å²) in [6.07, 6.45) is 0. The van der Waals surface area contributed by atoms with Crippen LogP contribution in [0.4, 0.5) is 34.1 Å². The van der Waals surface area contributed by atoms with Crippen LogP contribution in [0, 0.1) is 0 Å². The van der Waals surface area contributed by atoms with Gasteiger partial charge in [-0.2, -0.15) is 0 Å². The highest BCUT2D eigenvalue weighted by Crippen LogP contribution is 2.51. The number of hydrogen-bond donors (Lipinski definition) is 0. The first-order chi connectivity index (χ1) is 36.3. The molecule has 0 aliphatic carbocycles. The first-order valence-electron chi connectivity index (χ1n) is 25.6.